The van der Waals surface area contributed by atoms with E-state index in [2.05, 4.69) is 18.6 Å². The highest BCUT2D eigenvalue weighted by Gasteiger charge is 2.68. The summed E-state index contributed by atoms with van der Waals surface area (Å²) in [6.45, 7) is 4.51. The second-order valence-electron chi connectivity index (χ2n) is 5.78. The zero-order valence-corrected chi connectivity index (χ0v) is 9.52. The van der Waals surface area contributed by atoms with Crippen LogP contribution in [0.4, 0.5) is 0 Å². The lowest BCUT2D eigenvalue weighted by molar-refractivity contribution is 0.146. The van der Waals surface area contributed by atoms with Gasteiger partial charge in [-0.15, -0.1) is 0 Å². The summed E-state index contributed by atoms with van der Waals surface area (Å²) < 4.78 is 26.0. The normalized spacial score (nSPS) is 52.1. The average Bonchev–Trinajstić information content (AvgIpc) is 2.50. The topological polar surface area (TPSA) is 46.2 Å². The van der Waals surface area contributed by atoms with Crippen molar-refractivity contribution in [2.45, 2.75) is 39.2 Å². The Balaban J connectivity index is 2.13. The summed E-state index contributed by atoms with van der Waals surface area (Å²) >= 11 is 0. The minimum atomic E-state index is -2.97. The van der Waals surface area contributed by atoms with E-state index in [9.17, 15) is 8.42 Å². The van der Waals surface area contributed by atoms with Crippen LogP contribution in [0, 0.1) is 16.7 Å². The molecule has 0 unspecified atom stereocenters. The Morgan fingerprint density at radius 3 is 2.64 bits per heavy atom. The van der Waals surface area contributed by atoms with Gasteiger partial charge in [-0.05, 0) is 30.6 Å². The molecule has 2 saturated carbocycles. The van der Waals surface area contributed by atoms with Gasteiger partial charge in [0, 0.05) is 11.5 Å². The van der Waals surface area contributed by atoms with Crippen molar-refractivity contribution in [3.63, 3.8) is 0 Å². The van der Waals surface area contributed by atoms with E-state index >= 15 is 0 Å². The maximum atomic E-state index is 11.6. The highest BCUT2D eigenvalue weighted by molar-refractivity contribution is 7.89. The molecular weight excluding hydrogens is 198 g/mol. The van der Waals surface area contributed by atoms with Crippen molar-refractivity contribution >= 4 is 10.0 Å². The van der Waals surface area contributed by atoms with E-state index in [0.717, 1.165) is 18.8 Å². The molecule has 3 aliphatic rings. The minimum Gasteiger partial charge on any atom is -0.212 e. The molecule has 3 nitrogen and oxygen atoms in total. The van der Waals surface area contributed by atoms with Gasteiger partial charge in [0.1, 0.15) is 0 Å². The Morgan fingerprint density at radius 1 is 1.36 bits per heavy atom. The summed E-state index contributed by atoms with van der Waals surface area (Å²) in [6.07, 6.45) is 3.38. The number of hydrogen-bond donors (Lipinski definition) is 1. The predicted octanol–water partition coefficient (Wildman–Crippen LogP) is 1.11. The molecule has 1 spiro atoms. The van der Waals surface area contributed by atoms with E-state index < -0.39 is 10.0 Å². The van der Waals surface area contributed by atoms with Crippen molar-refractivity contribution in [1.82, 2.24) is 4.72 Å². The first-order valence-electron chi connectivity index (χ1n) is 5.37. The highest BCUT2D eigenvalue weighted by Crippen LogP contribution is 2.67. The van der Waals surface area contributed by atoms with E-state index in [1.165, 1.54) is 6.42 Å². The molecular formula is C10H17NO2S. The fourth-order valence-corrected chi connectivity index (χ4v) is 6.42. The van der Waals surface area contributed by atoms with Gasteiger partial charge in [0.15, 0.2) is 0 Å². The number of nitrogens with one attached hydrogen (secondary N) is 1. The number of sulfonamides is 1. The summed E-state index contributed by atoms with van der Waals surface area (Å²) in [4.78, 5) is 0. The Morgan fingerprint density at radius 2 is 2.07 bits per heavy atom. The third-order valence-corrected chi connectivity index (χ3v) is 6.74. The lowest BCUT2D eigenvalue weighted by atomic mass is 9.69. The van der Waals surface area contributed by atoms with Crippen molar-refractivity contribution in [2.75, 3.05) is 5.75 Å². The molecule has 1 saturated heterocycles. The largest absolute Gasteiger partial charge is 0.212 e. The SMILES string of the molecule is CC1(C)[C@H]2CC[C@]13CS(=O)(=O)N[C@@H]3C2. The maximum Gasteiger partial charge on any atom is 0.212 e. The van der Waals surface area contributed by atoms with Crippen molar-refractivity contribution in [2.24, 2.45) is 16.7 Å². The molecule has 0 aromatic carbocycles. The molecule has 3 rings (SSSR count). The first kappa shape index (κ1) is 9.16. The quantitative estimate of drug-likeness (QED) is 0.658. The molecule has 0 amide bonds. The third kappa shape index (κ3) is 0.807. The number of fused-ring (bicyclic) bond motifs is 1. The molecule has 1 heterocycles. The van der Waals surface area contributed by atoms with Crippen LogP contribution in [0.25, 0.3) is 0 Å². The summed E-state index contributed by atoms with van der Waals surface area (Å²) in [5.41, 5.74) is 0.269. The summed E-state index contributed by atoms with van der Waals surface area (Å²) in [6, 6.07) is 0.237. The van der Waals surface area contributed by atoms with E-state index in [0.29, 0.717) is 5.75 Å². The second-order valence-corrected chi connectivity index (χ2v) is 7.53. The van der Waals surface area contributed by atoms with Gasteiger partial charge in [-0.25, -0.2) is 13.1 Å². The van der Waals surface area contributed by atoms with Crippen LogP contribution in [0.1, 0.15) is 33.1 Å². The minimum absolute atomic E-state index is 0.0521. The van der Waals surface area contributed by atoms with Gasteiger partial charge < -0.3 is 0 Å². The van der Waals surface area contributed by atoms with Crippen LogP contribution >= 0.6 is 0 Å². The van der Waals surface area contributed by atoms with Crippen LogP contribution < -0.4 is 4.72 Å². The van der Waals surface area contributed by atoms with Gasteiger partial charge in [0.2, 0.25) is 10.0 Å². The third-order valence-electron chi connectivity index (χ3n) is 5.20. The number of rotatable bonds is 0. The zero-order chi connectivity index (χ0) is 10.2. The van der Waals surface area contributed by atoms with E-state index in [-0.39, 0.29) is 16.9 Å². The van der Waals surface area contributed by atoms with Crippen LogP contribution in [0.5, 0.6) is 0 Å². The number of hydrogen-bond acceptors (Lipinski definition) is 2. The van der Waals surface area contributed by atoms with Gasteiger partial charge in [-0.2, -0.15) is 0 Å². The Bertz CT molecular complexity index is 387. The van der Waals surface area contributed by atoms with E-state index in [4.69, 9.17) is 0 Å². The highest BCUT2D eigenvalue weighted by atomic mass is 32.2. The molecule has 0 radical (unpaired) electrons. The fourth-order valence-electron chi connectivity index (χ4n) is 4.18. The average molecular weight is 215 g/mol. The molecule has 2 bridgehead atoms. The molecule has 2 aliphatic carbocycles. The first-order chi connectivity index (χ1) is 6.37. The van der Waals surface area contributed by atoms with Crippen LogP contribution in [-0.4, -0.2) is 20.2 Å². The Kier molecular flexibility index (Phi) is 1.43. The van der Waals surface area contributed by atoms with Crippen LogP contribution in [0.15, 0.2) is 0 Å². The Labute approximate surface area is 85.3 Å². The van der Waals surface area contributed by atoms with E-state index in [1.54, 1.807) is 0 Å². The van der Waals surface area contributed by atoms with Crippen molar-refractivity contribution < 1.29 is 8.42 Å². The molecule has 1 N–H and O–H groups in total. The van der Waals surface area contributed by atoms with E-state index in [1.807, 2.05) is 0 Å². The maximum absolute atomic E-state index is 11.6. The molecule has 4 heteroatoms. The monoisotopic (exact) mass is 215 g/mol. The van der Waals surface area contributed by atoms with Crippen molar-refractivity contribution in [1.29, 1.82) is 0 Å². The molecule has 0 aromatic heterocycles. The van der Waals surface area contributed by atoms with Crippen LogP contribution in [0.3, 0.4) is 0 Å². The lowest BCUT2D eigenvalue weighted by Gasteiger charge is -2.36. The molecule has 0 aromatic rings. The smallest absolute Gasteiger partial charge is 0.212 e. The van der Waals surface area contributed by atoms with Gasteiger partial charge >= 0.3 is 0 Å². The van der Waals surface area contributed by atoms with Crippen LogP contribution in [0.2, 0.25) is 0 Å². The van der Waals surface area contributed by atoms with Gasteiger partial charge in [-0.3, -0.25) is 0 Å². The summed E-state index contributed by atoms with van der Waals surface area (Å²) in [7, 11) is -2.97. The molecule has 1 aliphatic heterocycles. The second kappa shape index (κ2) is 2.19. The summed E-state index contributed by atoms with van der Waals surface area (Å²) in [5, 5.41) is 0. The van der Waals surface area contributed by atoms with Crippen molar-refractivity contribution in [3.8, 4) is 0 Å². The zero-order valence-electron chi connectivity index (χ0n) is 8.71. The van der Waals surface area contributed by atoms with Gasteiger partial charge in [0.25, 0.3) is 0 Å². The molecule has 80 valence electrons. The predicted molar refractivity (Wildman–Crippen MR) is 54.3 cm³/mol. The summed E-state index contributed by atoms with van der Waals surface area (Å²) in [5.74, 6) is 1.10. The standard InChI is InChI=1S/C10H17NO2S/c1-9(2)7-3-4-10(9)6-14(12,13)11-8(10)5-7/h7-8,11H,3-6H2,1-2H3/t7-,8+,10+/m0/s1. The van der Waals surface area contributed by atoms with Crippen molar-refractivity contribution in [3.05, 3.63) is 0 Å². The van der Waals surface area contributed by atoms with Gasteiger partial charge in [0.05, 0.1) is 5.75 Å². The van der Waals surface area contributed by atoms with Gasteiger partial charge in [-0.1, -0.05) is 13.8 Å². The molecule has 14 heavy (non-hydrogen) atoms. The lowest BCUT2D eigenvalue weighted by Crippen LogP contribution is -2.39. The fraction of sp³-hybridized carbons (Fsp3) is 1.00. The Hall–Kier alpha value is -0.0900. The van der Waals surface area contributed by atoms with Crippen LogP contribution in [-0.2, 0) is 10.0 Å². The first-order valence-corrected chi connectivity index (χ1v) is 7.03. The molecule has 3 atom stereocenters. The molecule has 3 fully saturated rings.